The van der Waals surface area contributed by atoms with Gasteiger partial charge in [0.25, 0.3) is 0 Å². The summed E-state index contributed by atoms with van der Waals surface area (Å²) in [6.45, 7) is 0. The summed E-state index contributed by atoms with van der Waals surface area (Å²) in [5.41, 5.74) is 12.5. The maximum Gasteiger partial charge on any atom is 0.235 e. The van der Waals surface area contributed by atoms with E-state index in [1.807, 2.05) is 6.07 Å². The van der Waals surface area contributed by atoms with Crippen LogP contribution >= 0.6 is 0 Å². The Morgan fingerprint density at radius 3 is 1.95 bits per heavy atom. The van der Waals surface area contributed by atoms with Crippen LogP contribution in [0.4, 0.5) is 0 Å². The predicted molar refractivity (Wildman–Crippen MR) is 225 cm³/mol. The van der Waals surface area contributed by atoms with E-state index in [0.717, 1.165) is 88.6 Å². The van der Waals surface area contributed by atoms with Crippen LogP contribution in [0.3, 0.4) is 0 Å². The maximum atomic E-state index is 5.43. The molecule has 6 nitrogen and oxygen atoms in total. The van der Waals surface area contributed by atoms with Crippen LogP contribution in [0.2, 0.25) is 0 Å². The molecule has 0 atom stereocenters. The lowest BCUT2D eigenvalue weighted by atomic mass is 9.99. The first-order valence-corrected chi connectivity index (χ1v) is 18.5. The van der Waals surface area contributed by atoms with Crippen LogP contribution in [0.1, 0.15) is 0 Å². The van der Waals surface area contributed by atoms with Gasteiger partial charge in [-0.1, -0.05) is 115 Å². The molecule has 0 aliphatic heterocycles. The molecule has 0 bridgehead atoms. The molecule has 0 saturated heterocycles. The van der Waals surface area contributed by atoms with Crippen molar-refractivity contribution >= 4 is 71.3 Å². The lowest BCUT2D eigenvalue weighted by Gasteiger charge is -2.13. The minimum atomic E-state index is 0.633. The van der Waals surface area contributed by atoms with E-state index in [0.29, 0.717) is 5.95 Å². The Kier molecular flexibility index (Phi) is 6.24. The monoisotopic (exact) mass is 702 g/mol. The highest BCUT2D eigenvalue weighted by Crippen LogP contribution is 2.38. The van der Waals surface area contributed by atoms with Crippen LogP contribution in [0.15, 0.2) is 182 Å². The second-order valence-electron chi connectivity index (χ2n) is 14.1. The van der Waals surface area contributed by atoms with Gasteiger partial charge >= 0.3 is 0 Å². The number of hydrogen-bond acceptors (Lipinski definition) is 3. The maximum absolute atomic E-state index is 5.43. The normalized spacial score (nSPS) is 12.0. The quantitative estimate of drug-likeness (QED) is 0.183. The fourth-order valence-electron chi connectivity index (χ4n) is 8.51. The molecule has 55 heavy (non-hydrogen) atoms. The van der Waals surface area contributed by atoms with Gasteiger partial charge in [0.1, 0.15) is 0 Å². The number of imidazole rings is 2. The second-order valence-corrected chi connectivity index (χ2v) is 14.1. The average Bonchev–Trinajstić information content (AvgIpc) is 3.90. The Labute approximate surface area is 314 Å². The first-order valence-electron chi connectivity index (χ1n) is 18.5. The Morgan fingerprint density at radius 2 is 1.05 bits per heavy atom. The van der Waals surface area contributed by atoms with Gasteiger partial charge < -0.3 is 0 Å². The van der Waals surface area contributed by atoms with Crippen LogP contribution < -0.4 is 0 Å². The third kappa shape index (κ3) is 4.46. The SMILES string of the molecule is c1ccc(-c2ccc3c(-c4ccc5ccccc5c4)nc(-n4c5ccccc5c5cc(-n6c7ccccc7n7c8ccccc8nc67)ccc54)nc3c2)cc1. The van der Waals surface area contributed by atoms with Crippen molar-refractivity contribution in [2.24, 2.45) is 0 Å². The van der Waals surface area contributed by atoms with Gasteiger partial charge in [0.15, 0.2) is 0 Å². The van der Waals surface area contributed by atoms with Gasteiger partial charge in [0.2, 0.25) is 11.7 Å². The van der Waals surface area contributed by atoms with E-state index in [-0.39, 0.29) is 0 Å². The molecule has 12 rings (SSSR count). The molecule has 0 spiro atoms. The number of nitrogens with zero attached hydrogens (tertiary/aromatic N) is 6. The number of rotatable bonds is 4. The van der Waals surface area contributed by atoms with Crippen molar-refractivity contribution in [3.8, 4) is 34.0 Å². The lowest BCUT2D eigenvalue weighted by molar-refractivity contribution is 1.01. The smallest absolute Gasteiger partial charge is 0.235 e. The van der Waals surface area contributed by atoms with Crippen LogP contribution in [0.25, 0.3) is 105 Å². The Balaban J connectivity index is 1.12. The summed E-state index contributed by atoms with van der Waals surface area (Å²) in [6, 6.07) is 64.3. The first kappa shape index (κ1) is 29.9. The third-order valence-corrected chi connectivity index (χ3v) is 11.0. The van der Waals surface area contributed by atoms with E-state index in [2.05, 4.69) is 189 Å². The summed E-state index contributed by atoms with van der Waals surface area (Å²) in [6.07, 6.45) is 0. The van der Waals surface area contributed by atoms with E-state index in [1.54, 1.807) is 0 Å². The molecule has 4 aromatic heterocycles. The molecule has 0 unspecified atom stereocenters. The van der Waals surface area contributed by atoms with Crippen LogP contribution in [-0.2, 0) is 0 Å². The molecule has 12 aromatic rings. The van der Waals surface area contributed by atoms with E-state index in [4.69, 9.17) is 15.0 Å². The highest BCUT2D eigenvalue weighted by molar-refractivity contribution is 6.10. The summed E-state index contributed by atoms with van der Waals surface area (Å²) in [4.78, 5) is 15.9. The molecule has 4 heterocycles. The topological polar surface area (TPSA) is 52.9 Å². The van der Waals surface area contributed by atoms with Gasteiger partial charge in [-0.25, -0.2) is 15.0 Å². The first-order chi connectivity index (χ1) is 27.3. The van der Waals surface area contributed by atoms with Crippen LogP contribution in [0, 0.1) is 0 Å². The number of para-hydroxylation sites is 5. The molecule has 0 N–H and O–H groups in total. The number of fused-ring (bicyclic) bond motifs is 10. The summed E-state index contributed by atoms with van der Waals surface area (Å²) in [5.74, 6) is 1.52. The van der Waals surface area contributed by atoms with Crippen molar-refractivity contribution in [2.75, 3.05) is 0 Å². The molecule has 0 radical (unpaired) electrons. The standard InChI is InChI=1S/C49H30N6/c1-2-12-31(13-3-1)34-24-26-38-41(29-34)50-48(52-47(38)35-23-22-32-14-4-5-15-33(32)28-35)54-42-18-8-6-16-37(42)39-30-36(25-27-43(39)54)53-45-20-10-11-21-46(45)55-44-19-9-7-17-40(44)51-49(53)55/h1-30H. The van der Waals surface area contributed by atoms with E-state index < -0.39 is 0 Å². The minimum absolute atomic E-state index is 0.633. The molecule has 0 fully saturated rings. The van der Waals surface area contributed by atoms with Gasteiger partial charge in [0.05, 0.1) is 44.3 Å². The van der Waals surface area contributed by atoms with Gasteiger partial charge in [-0.15, -0.1) is 0 Å². The molecular formula is C49H30N6. The molecule has 0 saturated carbocycles. The zero-order valence-electron chi connectivity index (χ0n) is 29.5. The number of aromatic nitrogens is 6. The van der Waals surface area contributed by atoms with Crippen LogP contribution in [0.5, 0.6) is 0 Å². The third-order valence-electron chi connectivity index (χ3n) is 11.0. The molecular weight excluding hydrogens is 673 g/mol. The molecule has 0 aliphatic rings. The Hall–Kier alpha value is -7.57. The zero-order chi connectivity index (χ0) is 36.0. The predicted octanol–water partition coefficient (Wildman–Crippen LogP) is 12.0. The molecule has 256 valence electrons. The number of hydrogen-bond donors (Lipinski definition) is 0. The summed E-state index contributed by atoms with van der Waals surface area (Å²) >= 11 is 0. The zero-order valence-corrected chi connectivity index (χ0v) is 29.5. The van der Waals surface area contributed by atoms with E-state index >= 15 is 0 Å². The van der Waals surface area contributed by atoms with Crippen molar-refractivity contribution < 1.29 is 0 Å². The van der Waals surface area contributed by atoms with Gasteiger partial charge in [-0.05, 0) is 88.6 Å². The van der Waals surface area contributed by atoms with Gasteiger partial charge in [-0.3, -0.25) is 13.5 Å². The average molecular weight is 703 g/mol. The summed E-state index contributed by atoms with van der Waals surface area (Å²) in [7, 11) is 0. The Bertz CT molecular complexity index is 3500. The van der Waals surface area contributed by atoms with E-state index in [1.165, 1.54) is 10.8 Å². The summed E-state index contributed by atoms with van der Waals surface area (Å²) in [5, 5.41) is 5.64. The van der Waals surface area contributed by atoms with Gasteiger partial charge in [0, 0.05) is 27.4 Å². The number of benzene rings is 8. The molecule has 8 aromatic carbocycles. The van der Waals surface area contributed by atoms with Crippen molar-refractivity contribution in [1.29, 1.82) is 0 Å². The summed E-state index contributed by atoms with van der Waals surface area (Å²) < 4.78 is 6.76. The molecule has 6 heteroatoms. The van der Waals surface area contributed by atoms with Crippen molar-refractivity contribution in [1.82, 2.24) is 28.5 Å². The highest BCUT2D eigenvalue weighted by Gasteiger charge is 2.21. The minimum Gasteiger partial charge on any atom is -0.278 e. The van der Waals surface area contributed by atoms with Crippen molar-refractivity contribution in [3.05, 3.63) is 182 Å². The van der Waals surface area contributed by atoms with E-state index in [9.17, 15) is 0 Å². The Morgan fingerprint density at radius 1 is 0.345 bits per heavy atom. The lowest BCUT2D eigenvalue weighted by Crippen LogP contribution is -2.04. The second kappa shape index (κ2) is 11.5. The van der Waals surface area contributed by atoms with Crippen molar-refractivity contribution in [3.63, 3.8) is 0 Å². The molecule has 0 aliphatic carbocycles. The van der Waals surface area contributed by atoms with Gasteiger partial charge in [-0.2, -0.15) is 0 Å². The van der Waals surface area contributed by atoms with Crippen molar-refractivity contribution in [2.45, 2.75) is 0 Å². The largest absolute Gasteiger partial charge is 0.278 e. The molecule has 0 amide bonds. The fourth-order valence-corrected chi connectivity index (χ4v) is 8.51. The fraction of sp³-hybridized carbons (Fsp3) is 0. The highest BCUT2D eigenvalue weighted by atomic mass is 15.2. The van der Waals surface area contributed by atoms with Crippen LogP contribution in [-0.4, -0.2) is 28.5 Å².